The van der Waals surface area contributed by atoms with Crippen LogP contribution in [0.4, 0.5) is 4.79 Å². The van der Waals surface area contributed by atoms with Gasteiger partial charge in [0.2, 0.25) is 0 Å². The first-order valence-corrected chi connectivity index (χ1v) is 9.16. The lowest BCUT2D eigenvalue weighted by Crippen LogP contribution is -2.41. The van der Waals surface area contributed by atoms with Gasteiger partial charge in [-0.15, -0.1) is 0 Å². The number of methoxy groups -OCH3 is 1. The van der Waals surface area contributed by atoms with E-state index in [2.05, 4.69) is 5.32 Å². The number of amides is 2. The molecule has 1 aromatic carbocycles. The summed E-state index contributed by atoms with van der Waals surface area (Å²) in [6.07, 6.45) is 0.956. The van der Waals surface area contributed by atoms with Crippen molar-refractivity contribution in [1.82, 2.24) is 10.2 Å². The van der Waals surface area contributed by atoms with Crippen LogP contribution in [0.1, 0.15) is 12.5 Å². The summed E-state index contributed by atoms with van der Waals surface area (Å²) >= 11 is 5.97. The van der Waals surface area contributed by atoms with Gasteiger partial charge in [0.1, 0.15) is 5.75 Å². The number of carbonyl (C=O) groups is 1. The summed E-state index contributed by atoms with van der Waals surface area (Å²) in [6, 6.07) is 4.28. The maximum atomic E-state index is 12.1. The van der Waals surface area contributed by atoms with E-state index in [0.29, 0.717) is 30.3 Å². The smallest absolute Gasteiger partial charge is 0.317 e. The summed E-state index contributed by atoms with van der Waals surface area (Å²) in [7, 11) is -2.15. The second kappa shape index (κ2) is 8.95. The number of urea groups is 1. The van der Waals surface area contributed by atoms with Gasteiger partial charge in [-0.2, -0.15) is 8.42 Å². The average molecular weight is 365 g/mol. The standard InChI is InChI=1S/C14H21ClN2O5S/c1-4-16-14(18)17(7-8-21-2)10-11-9-12(15)5-6-13(11)22-23(3,19)20/h5-6,9H,4,7-8,10H2,1-3H3,(H,16,18). The molecule has 0 aromatic heterocycles. The summed E-state index contributed by atoms with van der Waals surface area (Å²) in [5.41, 5.74) is 0.491. The molecule has 0 aliphatic rings. The van der Waals surface area contributed by atoms with E-state index in [1.807, 2.05) is 6.92 Å². The molecular weight excluding hydrogens is 344 g/mol. The van der Waals surface area contributed by atoms with Crippen LogP contribution in [0.2, 0.25) is 5.02 Å². The zero-order chi connectivity index (χ0) is 17.5. The highest BCUT2D eigenvalue weighted by Gasteiger charge is 2.17. The molecule has 0 saturated carbocycles. The highest BCUT2D eigenvalue weighted by Crippen LogP contribution is 2.25. The summed E-state index contributed by atoms with van der Waals surface area (Å²) < 4.78 is 32.7. The molecule has 0 aliphatic heterocycles. The molecule has 0 heterocycles. The molecule has 130 valence electrons. The number of nitrogens with one attached hydrogen (secondary N) is 1. The summed E-state index contributed by atoms with van der Waals surface area (Å²) in [6.45, 7) is 3.11. The first-order valence-electron chi connectivity index (χ1n) is 6.96. The van der Waals surface area contributed by atoms with Gasteiger partial charge < -0.3 is 19.1 Å². The molecule has 0 bridgehead atoms. The van der Waals surface area contributed by atoms with Gasteiger partial charge in [0.15, 0.2) is 0 Å². The van der Waals surface area contributed by atoms with Crippen molar-refractivity contribution in [3.8, 4) is 5.75 Å². The zero-order valence-electron chi connectivity index (χ0n) is 13.3. The van der Waals surface area contributed by atoms with Crippen molar-refractivity contribution in [2.45, 2.75) is 13.5 Å². The van der Waals surface area contributed by atoms with Crippen LogP contribution in [0.25, 0.3) is 0 Å². The topological polar surface area (TPSA) is 84.9 Å². The Morgan fingerprint density at radius 3 is 2.65 bits per heavy atom. The molecule has 1 N–H and O–H groups in total. The Labute approximate surface area is 141 Å². The number of hydrogen-bond donors (Lipinski definition) is 1. The van der Waals surface area contributed by atoms with Gasteiger partial charge >= 0.3 is 16.1 Å². The molecular formula is C14H21ClN2O5S. The van der Waals surface area contributed by atoms with Crippen molar-refractivity contribution in [1.29, 1.82) is 0 Å². The number of ether oxygens (including phenoxy) is 1. The largest absolute Gasteiger partial charge is 0.383 e. The summed E-state index contributed by atoms with van der Waals surface area (Å²) in [4.78, 5) is 13.6. The molecule has 7 nitrogen and oxygen atoms in total. The minimum absolute atomic E-state index is 0.139. The third-order valence-corrected chi connectivity index (χ3v) is 3.52. The quantitative estimate of drug-likeness (QED) is 0.711. The molecule has 0 saturated heterocycles. The van der Waals surface area contributed by atoms with E-state index >= 15 is 0 Å². The minimum Gasteiger partial charge on any atom is -0.383 e. The van der Waals surface area contributed by atoms with E-state index in [1.54, 1.807) is 6.07 Å². The minimum atomic E-state index is -3.68. The number of rotatable bonds is 8. The van der Waals surface area contributed by atoms with Gasteiger partial charge in [-0.25, -0.2) is 4.79 Å². The number of nitrogens with zero attached hydrogens (tertiary/aromatic N) is 1. The average Bonchev–Trinajstić information content (AvgIpc) is 2.45. The first kappa shape index (κ1) is 19.5. The molecule has 23 heavy (non-hydrogen) atoms. The molecule has 0 aliphatic carbocycles. The van der Waals surface area contributed by atoms with Gasteiger partial charge in [-0.3, -0.25) is 0 Å². The Hall–Kier alpha value is -1.51. The van der Waals surface area contributed by atoms with E-state index < -0.39 is 10.1 Å². The van der Waals surface area contributed by atoms with Crippen LogP contribution in [0.15, 0.2) is 18.2 Å². The lowest BCUT2D eigenvalue weighted by atomic mass is 10.2. The molecule has 1 aromatic rings. The predicted molar refractivity (Wildman–Crippen MR) is 88.3 cm³/mol. The SMILES string of the molecule is CCNC(=O)N(CCOC)Cc1cc(Cl)ccc1OS(C)(=O)=O. The van der Waals surface area contributed by atoms with Crippen LogP contribution in [0.3, 0.4) is 0 Å². The van der Waals surface area contributed by atoms with Crippen LogP contribution in [-0.4, -0.2) is 52.4 Å². The van der Waals surface area contributed by atoms with E-state index in [4.69, 9.17) is 20.5 Å². The molecule has 0 fully saturated rings. The van der Waals surface area contributed by atoms with E-state index in [9.17, 15) is 13.2 Å². The van der Waals surface area contributed by atoms with Gasteiger partial charge in [0.25, 0.3) is 0 Å². The molecule has 1 rings (SSSR count). The monoisotopic (exact) mass is 364 g/mol. The second-order valence-electron chi connectivity index (χ2n) is 4.79. The lowest BCUT2D eigenvalue weighted by Gasteiger charge is -2.23. The number of hydrogen-bond acceptors (Lipinski definition) is 5. The summed E-state index contributed by atoms with van der Waals surface area (Å²) in [5, 5.41) is 3.12. The van der Waals surface area contributed by atoms with E-state index in [-0.39, 0.29) is 18.3 Å². The van der Waals surface area contributed by atoms with Crippen molar-refractivity contribution < 1.29 is 22.1 Å². The van der Waals surface area contributed by atoms with Gasteiger partial charge in [0, 0.05) is 30.8 Å². The van der Waals surface area contributed by atoms with Crippen LogP contribution in [0.5, 0.6) is 5.75 Å². The van der Waals surface area contributed by atoms with Crippen molar-refractivity contribution in [2.75, 3.05) is 33.1 Å². The number of carbonyl (C=O) groups excluding carboxylic acids is 1. The molecule has 0 atom stereocenters. The van der Waals surface area contributed by atoms with Crippen molar-refractivity contribution in [2.24, 2.45) is 0 Å². The predicted octanol–water partition coefficient (Wildman–Crippen LogP) is 1.86. The highest BCUT2D eigenvalue weighted by atomic mass is 35.5. The maximum absolute atomic E-state index is 12.1. The highest BCUT2D eigenvalue weighted by molar-refractivity contribution is 7.86. The second-order valence-corrected chi connectivity index (χ2v) is 6.80. The molecule has 0 spiro atoms. The number of benzene rings is 1. The molecule has 2 amide bonds. The van der Waals surface area contributed by atoms with Gasteiger partial charge in [0.05, 0.1) is 19.4 Å². The fourth-order valence-corrected chi connectivity index (χ4v) is 2.52. The van der Waals surface area contributed by atoms with Crippen LogP contribution in [0, 0.1) is 0 Å². The Morgan fingerprint density at radius 2 is 2.09 bits per heavy atom. The Bertz CT molecular complexity index is 636. The van der Waals surface area contributed by atoms with Crippen molar-refractivity contribution in [3.63, 3.8) is 0 Å². The molecule has 9 heteroatoms. The van der Waals surface area contributed by atoms with Crippen molar-refractivity contribution >= 4 is 27.8 Å². The normalized spacial score (nSPS) is 11.1. The van der Waals surface area contributed by atoms with Crippen LogP contribution >= 0.6 is 11.6 Å². The Balaban J connectivity index is 3.05. The third kappa shape index (κ3) is 7.06. The van der Waals surface area contributed by atoms with E-state index in [0.717, 1.165) is 6.26 Å². The molecule has 0 radical (unpaired) electrons. The third-order valence-electron chi connectivity index (χ3n) is 2.81. The number of halogens is 1. The lowest BCUT2D eigenvalue weighted by molar-refractivity contribution is 0.146. The van der Waals surface area contributed by atoms with E-state index in [1.165, 1.54) is 24.1 Å². The van der Waals surface area contributed by atoms with Crippen LogP contribution in [-0.2, 0) is 21.4 Å². The van der Waals surface area contributed by atoms with Crippen molar-refractivity contribution in [3.05, 3.63) is 28.8 Å². The first-order chi connectivity index (χ1) is 10.8. The Morgan fingerprint density at radius 1 is 1.39 bits per heavy atom. The fourth-order valence-electron chi connectivity index (χ4n) is 1.84. The van der Waals surface area contributed by atoms with Gasteiger partial charge in [-0.05, 0) is 25.1 Å². The van der Waals surface area contributed by atoms with Gasteiger partial charge in [-0.1, -0.05) is 11.6 Å². The maximum Gasteiger partial charge on any atom is 0.317 e. The fraction of sp³-hybridized carbons (Fsp3) is 0.500. The summed E-state index contributed by atoms with van der Waals surface area (Å²) in [5.74, 6) is 0.142. The van der Waals surface area contributed by atoms with Crippen LogP contribution < -0.4 is 9.50 Å². The zero-order valence-corrected chi connectivity index (χ0v) is 14.9. The molecule has 0 unspecified atom stereocenters. The Kier molecular flexibility index (Phi) is 7.60.